The Labute approximate surface area is 143 Å². The van der Waals surface area contributed by atoms with Gasteiger partial charge in [-0.1, -0.05) is 43.0 Å². The summed E-state index contributed by atoms with van der Waals surface area (Å²) in [6.45, 7) is 4.00. The van der Waals surface area contributed by atoms with Crippen LogP contribution in [0.1, 0.15) is 24.8 Å². The van der Waals surface area contributed by atoms with Gasteiger partial charge in [0.2, 0.25) is 0 Å². The van der Waals surface area contributed by atoms with Crippen molar-refractivity contribution in [1.82, 2.24) is 4.90 Å². The summed E-state index contributed by atoms with van der Waals surface area (Å²) in [7, 11) is 3.54. The number of esters is 1. The third-order valence-electron chi connectivity index (χ3n) is 5.25. The van der Waals surface area contributed by atoms with Crippen molar-refractivity contribution >= 4 is 12.0 Å². The van der Waals surface area contributed by atoms with Crippen LogP contribution in [0.15, 0.2) is 48.7 Å². The van der Waals surface area contributed by atoms with Crippen molar-refractivity contribution in [3.63, 3.8) is 0 Å². The third kappa shape index (κ3) is 3.39. The molecule has 24 heavy (non-hydrogen) atoms. The van der Waals surface area contributed by atoms with E-state index in [1.54, 1.807) is 0 Å². The zero-order valence-corrected chi connectivity index (χ0v) is 14.4. The molecule has 2 fully saturated rings. The second-order valence-corrected chi connectivity index (χ2v) is 6.62. The summed E-state index contributed by atoms with van der Waals surface area (Å²) in [6, 6.07) is 10.7. The predicted octanol–water partition coefficient (Wildman–Crippen LogP) is 3.25. The van der Waals surface area contributed by atoms with Crippen molar-refractivity contribution in [2.75, 3.05) is 14.2 Å². The summed E-state index contributed by atoms with van der Waals surface area (Å²) in [5.41, 5.74) is 1.09. The van der Waals surface area contributed by atoms with Crippen LogP contribution < -0.4 is 0 Å². The molecule has 0 spiro atoms. The molecule has 0 aliphatic carbocycles. The molecule has 0 amide bonds. The quantitative estimate of drug-likeness (QED) is 0.473. The smallest absolute Gasteiger partial charge is 0.314 e. The van der Waals surface area contributed by atoms with Gasteiger partial charge in [0.05, 0.1) is 7.11 Å². The number of rotatable bonds is 5. The fourth-order valence-electron chi connectivity index (χ4n) is 3.97. The summed E-state index contributed by atoms with van der Waals surface area (Å²) in [5, 5.41) is 0. The van der Waals surface area contributed by atoms with Crippen LogP contribution in [-0.2, 0) is 14.3 Å². The Morgan fingerprint density at radius 1 is 1.29 bits per heavy atom. The highest BCUT2D eigenvalue weighted by atomic mass is 16.5. The van der Waals surface area contributed by atoms with E-state index in [0.29, 0.717) is 11.8 Å². The van der Waals surface area contributed by atoms with Crippen molar-refractivity contribution in [2.45, 2.75) is 37.5 Å². The lowest BCUT2D eigenvalue weighted by atomic mass is 9.87. The molecule has 0 aromatic heterocycles. The summed E-state index contributed by atoms with van der Waals surface area (Å²) < 4.78 is 11.1. The van der Waals surface area contributed by atoms with Gasteiger partial charge in [0.25, 0.3) is 0 Å². The van der Waals surface area contributed by atoms with E-state index in [1.165, 1.54) is 7.11 Å². The Bertz CT molecular complexity index is 625. The van der Waals surface area contributed by atoms with Crippen molar-refractivity contribution in [2.24, 2.45) is 5.92 Å². The molecule has 0 saturated carbocycles. The number of piperidine rings is 1. The SMILES string of the molecule is C=C(C=Cc1ccccc1)OC1CC2CCC(C1C(=O)OC)N2C. The summed E-state index contributed by atoms with van der Waals surface area (Å²) in [4.78, 5) is 14.6. The zero-order chi connectivity index (χ0) is 17.1. The van der Waals surface area contributed by atoms with Crippen LogP contribution in [0.2, 0.25) is 0 Å². The number of fused-ring (bicyclic) bond motifs is 2. The predicted molar refractivity (Wildman–Crippen MR) is 94.2 cm³/mol. The first-order valence-electron chi connectivity index (χ1n) is 8.48. The molecule has 4 unspecified atom stereocenters. The Morgan fingerprint density at radius 2 is 2.04 bits per heavy atom. The molecule has 4 nitrogen and oxygen atoms in total. The molecule has 2 saturated heterocycles. The largest absolute Gasteiger partial charge is 0.490 e. The van der Waals surface area contributed by atoms with E-state index in [1.807, 2.05) is 42.5 Å². The molecule has 0 N–H and O–H groups in total. The number of carbonyl (C=O) groups is 1. The topological polar surface area (TPSA) is 38.8 Å². The number of carbonyl (C=O) groups excluding carboxylic acids is 1. The highest BCUT2D eigenvalue weighted by molar-refractivity contribution is 5.74. The molecule has 1 aromatic rings. The van der Waals surface area contributed by atoms with Gasteiger partial charge in [0.1, 0.15) is 17.8 Å². The molecule has 1 aromatic carbocycles. The van der Waals surface area contributed by atoms with Crippen molar-refractivity contribution in [3.8, 4) is 0 Å². The molecule has 4 atom stereocenters. The molecule has 3 rings (SSSR count). The number of hydrogen-bond acceptors (Lipinski definition) is 4. The maximum absolute atomic E-state index is 12.3. The van der Waals surface area contributed by atoms with Crippen molar-refractivity contribution in [3.05, 3.63) is 54.3 Å². The second-order valence-electron chi connectivity index (χ2n) is 6.62. The van der Waals surface area contributed by atoms with E-state index in [0.717, 1.165) is 24.8 Å². The first-order chi connectivity index (χ1) is 11.6. The van der Waals surface area contributed by atoms with Gasteiger partial charge in [-0.25, -0.2) is 0 Å². The van der Waals surface area contributed by atoms with Crippen LogP contribution in [0, 0.1) is 5.92 Å². The lowest BCUT2D eigenvalue weighted by Crippen LogP contribution is -2.53. The van der Waals surface area contributed by atoms with E-state index in [2.05, 4.69) is 18.5 Å². The molecule has 2 bridgehead atoms. The highest BCUT2D eigenvalue weighted by Gasteiger charge is 2.50. The molecular formula is C20H25NO3. The van der Waals surface area contributed by atoms with Gasteiger partial charge in [-0.05, 0) is 31.5 Å². The van der Waals surface area contributed by atoms with Crippen LogP contribution in [0.5, 0.6) is 0 Å². The Morgan fingerprint density at radius 3 is 2.75 bits per heavy atom. The first kappa shape index (κ1) is 16.8. The van der Waals surface area contributed by atoms with Gasteiger partial charge in [0, 0.05) is 18.5 Å². The number of ether oxygens (including phenoxy) is 2. The van der Waals surface area contributed by atoms with E-state index >= 15 is 0 Å². The molecular weight excluding hydrogens is 302 g/mol. The second kappa shape index (κ2) is 7.22. The van der Waals surface area contributed by atoms with E-state index in [9.17, 15) is 4.79 Å². The van der Waals surface area contributed by atoms with Gasteiger partial charge in [-0.15, -0.1) is 0 Å². The Balaban J connectivity index is 1.69. The molecule has 0 radical (unpaired) electrons. The van der Waals surface area contributed by atoms with Crippen LogP contribution >= 0.6 is 0 Å². The van der Waals surface area contributed by atoms with E-state index < -0.39 is 0 Å². The minimum Gasteiger partial charge on any atom is -0.490 e. The zero-order valence-electron chi connectivity index (χ0n) is 14.4. The van der Waals surface area contributed by atoms with Crippen molar-refractivity contribution in [1.29, 1.82) is 0 Å². The summed E-state index contributed by atoms with van der Waals surface area (Å²) >= 11 is 0. The minimum atomic E-state index is -0.249. The first-order valence-corrected chi connectivity index (χ1v) is 8.48. The van der Waals surface area contributed by atoms with Gasteiger partial charge < -0.3 is 9.47 Å². The van der Waals surface area contributed by atoms with Gasteiger partial charge in [-0.3, -0.25) is 9.69 Å². The van der Waals surface area contributed by atoms with E-state index in [-0.39, 0.29) is 24.0 Å². The average molecular weight is 327 g/mol. The number of methoxy groups -OCH3 is 1. The maximum atomic E-state index is 12.3. The average Bonchev–Trinajstić information content (AvgIpc) is 2.83. The number of nitrogens with zero attached hydrogens (tertiary/aromatic N) is 1. The van der Waals surface area contributed by atoms with Crippen LogP contribution in [0.3, 0.4) is 0 Å². The van der Waals surface area contributed by atoms with Crippen molar-refractivity contribution < 1.29 is 14.3 Å². The molecule has 4 heteroatoms. The third-order valence-corrected chi connectivity index (χ3v) is 5.25. The van der Waals surface area contributed by atoms with Crippen LogP contribution in [0.25, 0.3) is 6.08 Å². The molecule has 128 valence electrons. The fourth-order valence-corrected chi connectivity index (χ4v) is 3.97. The van der Waals surface area contributed by atoms with Gasteiger partial charge in [-0.2, -0.15) is 0 Å². The van der Waals surface area contributed by atoms with Crippen LogP contribution in [0.4, 0.5) is 0 Å². The Kier molecular flexibility index (Phi) is 5.05. The van der Waals surface area contributed by atoms with Gasteiger partial charge in [0.15, 0.2) is 0 Å². The monoisotopic (exact) mass is 327 g/mol. The Hall–Kier alpha value is -2.07. The van der Waals surface area contributed by atoms with Crippen LogP contribution in [-0.4, -0.2) is 43.2 Å². The summed E-state index contributed by atoms with van der Waals surface area (Å²) in [6.07, 6.45) is 6.64. The lowest BCUT2D eigenvalue weighted by molar-refractivity contribution is -0.156. The standard InChI is InChI=1S/C20H25NO3/c1-14(9-10-15-7-5-4-6-8-15)24-18-13-16-11-12-17(21(16)2)19(18)20(22)23-3/h4-10,16-19H,1,11-13H2,2-3H3. The number of benzene rings is 1. The number of allylic oxidation sites excluding steroid dienone is 1. The molecule has 2 aliphatic heterocycles. The highest BCUT2D eigenvalue weighted by Crippen LogP contribution is 2.40. The minimum absolute atomic E-state index is 0.168. The molecule has 2 aliphatic rings. The maximum Gasteiger partial charge on any atom is 0.314 e. The fraction of sp³-hybridized carbons (Fsp3) is 0.450. The number of hydrogen-bond donors (Lipinski definition) is 0. The molecule has 2 heterocycles. The van der Waals surface area contributed by atoms with Gasteiger partial charge >= 0.3 is 5.97 Å². The van der Waals surface area contributed by atoms with E-state index in [4.69, 9.17) is 9.47 Å². The summed E-state index contributed by atoms with van der Waals surface area (Å²) in [5.74, 6) is 0.152. The normalized spacial score (nSPS) is 29.6. The lowest BCUT2D eigenvalue weighted by Gasteiger charge is -2.41.